The van der Waals surface area contributed by atoms with Crippen LogP contribution >= 0.6 is 0 Å². The van der Waals surface area contributed by atoms with Crippen molar-refractivity contribution < 1.29 is 18.3 Å². The molecule has 0 aliphatic heterocycles. The zero-order chi connectivity index (χ0) is 20.6. The number of benzene rings is 1. The Bertz CT molecular complexity index is 778. The number of nitriles is 1. The normalized spacial score (nSPS) is 28.1. The van der Waals surface area contributed by atoms with E-state index in [1.54, 1.807) is 6.08 Å². The van der Waals surface area contributed by atoms with E-state index < -0.39 is 5.83 Å². The van der Waals surface area contributed by atoms with E-state index in [4.69, 9.17) is 10.00 Å². The molecule has 2 aliphatic rings. The van der Waals surface area contributed by atoms with Gasteiger partial charge in [-0.05, 0) is 87.0 Å². The molecule has 0 spiro atoms. The van der Waals surface area contributed by atoms with Gasteiger partial charge >= 0.3 is 5.97 Å². The number of rotatable bonds is 5. The second-order valence-corrected chi connectivity index (χ2v) is 8.09. The van der Waals surface area contributed by atoms with Crippen molar-refractivity contribution in [1.82, 2.24) is 0 Å². The number of halogens is 2. The minimum atomic E-state index is -0.794. The number of esters is 1. The quantitative estimate of drug-likeness (QED) is 0.340. The zero-order valence-corrected chi connectivity index (χ0v) is 16.5. The van der Waals surface area contributed by atoms with Gasteiger partial charge in [0.05, 0.1) is 5.92 Å². The standard InChI is InChI=1S/C24H27F2NO2/c25-21-12-10-19(11-13-21)18-6-8-20(9-7-18)24(28)29-23-14-4-17(5-15-23)2-1-3-22(26)16-27/h1-3,10-13,17-18,20,23H,4-9,14-15H2/t17-,18-,20-,23-. The Morgan fingerprint density at radius 3 is 2.31 bits per heavy atom. The van der Waals surface area contributed by atoms with E-state index in [1.165, 1.54) is 24.3 Å². The summed E-state index contributed by atoms with van der Waals surface area (Å²) in [6.45, 7) is 0. The first-order valence-corrected chi connectivity index (χ1v) is 10.4. The third-order valence-corrected chi connectivity index (χ3v) is 6.14. The summed E-state index contributed by atoms with van der Waals surface area (Å²) in [5.74, 6) is -0.412. The van der Waals surface area contributed by atoms with Gasteiger partial charge < -0.3 is 4.74 Å². The van der Waals surface area contributed by atoms with Gasteiger partial charge in [0.1, 0.15) is 18.0 Å². The van der Waals surface area contributed by atoms with Crippen molar-refractivity contribution in [2.45, 2.75) is 63.4 Å². The molecule has 0 N–H and O–H groups in total. The Labute approximate surface area is 171 Å². The summed E-state index contributed by atoms with van der Waals surface area (Å²) < 4.78 is 31.6. The average molecular weight is 399 g/mol. The van der Waals surface area contributed by atoms with Crippen molar-refractivity contribution in [2.75, 3.05) is 0 Å². The largest absolute Gasteiger partial charge is 0.462 e. The van der Waals surface area contributed by atoms with Crippen LogP contribution in [0.3, 0.4) is 0 Å². The Morgan fingerprint density at radius 1 is 1.03 bits per heavy atom. The molecule has 0 radical (unpaired) electrons. The summed E-state index contributed by atoms with van der Waals surface area (Å²) in [7, 11) is 0. The Kier molecular flexibility index (Phi) is 7.57. The van der Waals surface area contributed by atoms with E-state index in [9.17, 15) is 13.6 Å². The molecule has 0 aromatic heterocycles. The van der Waals surface area contributed by atoms with Crippen LogP contribution in [-0.2, 0) is 9.53 Å². The van der Waals surface area contributed by atoms with Crippen molar-refractivity contribution in [1.29, 1.82) is 5.26 Å². The maximum Gasteiger partial charge on any atom is 0.309 e. The smallest absolute Gasteiger partial charge is 0.309 e. The monoisotopic (exact) mass is 399 g/mol. The van der Waals surface area contributed by atoms with Crippen molar-refractivity contribution in [3.05, 3.63) is 59.7 Å². The number of ether oxygens (including phenoxy) is 1. The summed E-state index contributed by atoms with van der Waals surface area (Å²) in [6, 6.07) is 8.13. The maximum absolute atomic E-state index is 13.1. The number of nitrogens with zero attached hydrogens (tertiary/aromatic N) is 1. The van der Waals surface area contributed by atoms with Gasteiger partial charge in [-0.25, -0.2) is 4.39 Å². The second kappa shape index (κ2) is 10.3. The highest BCUT2D eigenvalue weighted by Crippen LogP contribution is 2.37. The van der Waals surface area contributed by atoms with Gasteiger partial charge in [-0.3, -0.25) is 4.79 Å². The van der Waals surface area contributed by atoms with Crippen molar-refractivity contribution in [3.8, 4) is 6.07 Å². The topological polar surface area (TPSA) is 50.1 Å². The number of carbonyl (C=O) groups excluding carboxylic acids is 1. The average Bonchev–Trinajstić information content (AvgIpc) is 2.75. The fraction of sp³-hybridized carbons (Fsp3) is 0.500. The van der Waals surface area contributed by atoms with Crippen LogP contribution in [0.15, 0.2) is 48.3 Å². The molecule has 0 saturated heterocycles. The van der Waals surface area contributed by atoms with Gasteiger partial charge in [-0.15, -0.1) is 0 Å². The summed E-state index contributed by atoms with van der Waals surface area (Å²) >= 11 is 0. The van der Waals surface area contributed by atoms with E-state index in [2.05, 4.69) is 0 Å². The third kappa shape index (κ3) is 6.25. The first-order valence-electron chi connectivity index (χ1n) is 10.4. The SMILES string of the molecule is N#CC(F)=CC=C[C@H]1CC[C@H](OC(=O)[C@H]2CC[C@H](c3ccc(F)cc3)CC2)CC1. The molecule has 0 unspecified atom stereocenters. The molecule has 154 valence electrons. The van der Waals surface area contributed by atoms with Gasteiger partial charge in [0.2, 0.25) is 0 Å². The van der Waals surface area contributed by atoms with Crippen LogP contribution in [0.5, 0.6) is 0 Å². The highest BCUT2D eigenvalue weighted by atomic mass is 19.1. The molecule has 5 heteroatoms. The molecule has 2 aliphatic carbocycles. The van der Waals surface area contributed by atoms with Crippen LogP contribution in [0.25, 0.3) is 0 Å². The van der Waals surface area contributed by atoms with Crippen LogP contribution in [0.2, 0.25) is 0 Å². The molecule has 0 amide bonds. The number of allylic oxidation sites excluding steroid dienone is 4. The van der Waals surface area contributed by atoms with Gasteiger partial charge in [0.15, 0.2) is 5.83 Å². The number of carbonyl (C=O) groups is 1. The van der Waals surface area contributed by atoms with Crippen molar-refractivity contribution in [3.63, 3.8) is 0 Å². The van der Waals surface area contributed by atoms with Gasteiger partial charge in [0, 0.05) is 0 Å². The minimum absolute atomic E-state index is 0.0339. The molecule has 3 nitrogen and oxygen atoms in total. The molecule has 2 saturated carbocycles. The molecule has 0 bridgehead atoms. The lowest BCUT2D eigenvalue weighted by Crippen LogP contribution is -2.29. The predicted octanol–water partition coefficient (Wildman–Crippen LogP) is 6.13. The van der Waals surface area contributed by atoms with Crippen LogP contribution in [0.1, 0.15) is 62.8 Å². The molecule has 0 heterocycles. The molecule has 1 aromatic rings. The summed E-state index contributed by atoms with van der Waals surface area (Å²) in [6.07, 6.45) is 11.6. The predicted molar refractivity (Wildman–Crippen MR) is 107 cm³/mol. The van der Waals surface area contributed by atoms with Crippen LogP contribution in [0, 0.1) is 29.0 Å². The van der Waals surface area contributed by atoms with Crippen LogP contribution in [0.4, 0.5) is 8.78 Å². The fourth-order valence-electron chi connectivity index (χ4n) is 4.39. The highest BCUT2D eigenvalue weighted by Gasteiger charge is 2.30. The first-order chi connectivity index (χ1) is 14.0. The number of hydrogen-bond acceptors (Lipinski definition) is 3. The summed E-state index contributed by atoms with van der Waals surface area (Å²) in [5.41, 5.74) is 1.15. The van der Waals surface area contributed by atoms with E-state index >= 15 is 0 Å². The third-order valence-electron chi connectivity index (χ3n) is 6.14. The summed E-state index contributed by atoms with van der Waals surface area (Å²) in [4.78, 5) is 12.5. The fourth-order valence-corrected chi connectivity index (χ4v) is 4.39. The lowest BCUT2D eigenvalue weighted by molar-refractivity contribution is -0.157. The second-order valence-electron chi connectivity index (χ2n) is 8.09. The van der Waals surface area contributed by atoms with Crippen molar-refractivity contribution in [2.24, 2.45) is 11.8 Å². The lowest BCUT2D eigenvalue weighted by atomic mass is 9.78. The molecule has 29 heavy (non-hydrogen) atoms. The molecular formula is C24H27F2NO2. The molecular weight excluding hydrogens is 372 g/mol. The molecule has 3 rings (SSSR count). The van der Waals surface area contributed by atoms with Crippen LogP contribution in [-0.4, -0.2) is 12.1 Å². The molecule has 1 aromatic carbocycles. The molecule has 0 atom stereocenters. The van der Waals surface area contributed by atoms with Gasteiger partial charge in [-0.2, -0.15) is 9.65 Å². The molecule has 2 fully saturated rings. The maximum atomic E-state index is 13.1. The van der Waals surface area contributed by atoms with Gasteiger partial charge in [0.25, 0.3) is 0 Å². The number of hydrogen-bond donors (Lipinski definition) is 0. The van der Waals surface area contributed by atoms with Gasteiger partial charge in [-0.1, -0.05) is 24.3 Å². The van der Waals surface area contributed by atoms with E-state index in [1.807, 2.05) is 18.2 Å². The van der Waals surface area contributed by atoms with E-state index in [-0.39, 0.29) is 23.8 Å². The Hall–Kier alpha value is -2.48. The van der Waals surface area contributed by atoms with Crippen LogP contribution < -0.4 is 0 Å². The minimum Gasteiger partial charge on any atom is -0.462 e. The van der Waals surface area contributed by atoms with E-state index in [0.717, 1.165) is 56.9 Å². The summed E-state index contributed by atoms with van der Waals surface area (Å²) in [5, 5.41) is 8.39. The Balaban J connectivity index is 1.39. The van der Waals surface area contributed by atoms with E-state index in [0.29, 0.717) is 11.8 Å². The first kappa shape index (κ1) is 21.2. The highest BCUT2D eigenvalue weighted by molar-refractivity contribution is 5.72. The Morgan fingerprint density at radius 2 is 1.69 bits per heavy atom. The zero-order valence-electron chi connectivity index (χ0n) is 16.5. The lowest BCUT2D eigenvalue weighted by Gasteiger charge is -2.31. The van der Waals surface area contributed by atoms with Crippen molar-refractivity contribution >= 4 is 5.97 Å².